The van der Waals surface area contributed by atoms with Crippen molar-refractivity contribution in [2.45, 2.75) is 12.3 Å². The second kappa shape index (κ2) is 5.68. The molecule has 17 heavy (non-hydrogen) atoms. The second-order valence-electron chi connectivity index (χ2n) is 3.90. The molecule has 92 valence electrons. The van der Waals surface area contributed by atoms with E-state index in [1.807, 2.05) is 0 Å². The molecular weight excluding hydrogens is 242 g/mol. The minimum Gasteiger partial charge on any atom is -0.481 e. The molecule has 0 aliphatic carbocycles. The lowest BCUT2D eigenvalue weighted by Crippen LogP contribution is -2.26. The number of hydrogen-bond donors (Lipinski definition) is 1. The molecule has 0 saturated carbocycles. The molecule has 1 rings (SSSR count). The molecule has 0 fully saturated rings. The first-order valence-corrected chi connectivity index (χ1v) is 5.48. The summed E-state index contributed by atoms with van der Waals surface area (Å²) in [5.74, 6) is -2.19. The molecule has 5 heteroatoms. The summed E-state index contributed by atoms with van der Waals surface area (Å²) < 4.78 is 0. The number of carbonyl (C=O) groups is 2. The first-order valence-electron chi connectivity index (χ1n) is 5.11. The highest BCUT2D eigenvalue weighted by molar-refractivity contribution is 6.31. The van der Waals surface area contributed by atoms with E-state index in [4.69, 9.17) is 16.7 Å². The third-order valence-corrected chi connectivity index (χ3v) is 2.80. The van der Waals surface area contributed by atoms with Gasteiger partial charge in [0.15, 0.2) is 0 Å². The Morgan fingerprint density at radius 1 is 1.35 bits per heavy atom. The Morgan fingerprint density at radius 3 is 2.41 bits per heavy atom. The smallest absolute Gasteiger partial charge is 0.311 e. The van der Waals surface area contributed by atoms with Gasteiger partial charge >= 0.3 is 5.97 Å². The van der Waals surface area contributed by atoms with Gasteiger partial charge in [-0.05, 0) is 11.6 Å². The van der Waals surface area contributed by atoms with Crippen molar-refractivity contribution in [3.63, 3.8) is 0 Å². The molecular formula is C12H14ClNO3. The lowest BCUT2D eigenvalue weighted by molar-refractivity contribution is -0.142. The summed E-state index contributed by atoms with van der Waals surface area (Å²) in [6.07, 6.45) is -0.0912. The Hall–Kier alpha value is -1.55. The summed E-state index contributed by atoms with van der Waals surface area (Å²) in [4.78, 5) is 24.1. The fourth-order valence-corrected chi connectivity index (χ4v) is 1.71. The summed E-state index contributed by atoms with van der Waals surface area (Å²) >= 11 is 5.94. The van der Waals surface area contributed by atoms with Gasteiger partial charge < -0.3 is 10.0 Å². The number of rotatable bonds is 4. The molecule has 0 aromatic heterocycles. The molecule has 0 aliphatic rings. The number of carboxylic acid groups (broad SMARTS) is 1. The fourth-order valence-electron chi connectivity index (χ4n) is 1.45. The third kappa shape index (κ3) is 3.46. The van der Waals surface area contributed by atoms with Gasteiger partial charge in [0.1, 0.15) is 0 Å². The highest BCUT2D eigenvalue weighted by atomic mass is 35.5. The zero-order chi connectivity index (χ0) is 13.0. The van der Waals surface area contributed by atoms with Crippen LogP contribution < -0.4 is 0 Å². The van der Waals surface area contributed by atoms with Crippen LogP contribution in [0.3, 0.4) is 0 Å². The van der Waals surface area contributed by atoms with Crippen molar-refractivity contribution < 1.29 is 14.7 Å². The number of nitrogens with zero attached hydrogens (tertiary/aromatic N) is 1. The maximum atomic E-state index is 11.6. The van der Waals surface area contributed by atoms with Gasteiger partial charge in [-0.2, -0.15) is 0 Å². The van der Waals surface area contributed by atoms with E-state index >= 15 is 0 Å². The van der Waals surface area contributed by atoms with Gasteiger partial charge in [-0.15, -0.1) is 0 Å². The number of benzene rings is 1. The molecule has 4 nitrogen and oxygen atoms in total. The first-order chi connectivity index (χ1) is 7.93. The van der Waals surface area contributed by atoms with E-state index in [-0.39, 0.29) is 12.3 Å². The molecule has 0 heterocycles. The quantitative estimate of drug-likeness (QED) is 0.895. The summed E-state index contributed by atoms with van der Waals surface area (Å²) in [6, 6.07) is 6.67. The van der Waals surface area contributed by atoms with E-state index in [0.29, 0.717) is 10.6 Å². The van der Waals surface area contributed by atoms with E-state index in [9.17, 15) is 9.59 Å². The Kier molecular flexibility index (Phi) is 4.52. The number of carbonyl (C=O) groups excluding carboxylic acids is 1. The van der Waals surface area contributed by atoms with Gasteiger partial charge in [0.25, 0.3) is 0 Å². The molecule has 0 spiro atoms. The topological polar surface area (TPSA) is 57.6 Å². The minimum atomic E-state index is -1.05. The summed E-state index contributed by atoms with van der Waals surface area (Å²) in [6.45, 7) is 0. The van der Waals surface area contributed by atoms with Crippen LogP contribution in [-0.2, 0) is 9.59 Å². The van der Waals surface area contributed by atoms with E-state index in [1.165, 1.54) is 4.90 Å². The predicted molar refractivity (Wildman–Crippen MR) is 65.1 cm³/mol. The molecule has 1 aromatic carbocycles. The standard InChI is InChI=1S/C12H14ClNO3/c1-14(2)11(15)7-9(12(16)17)8-5-3-4-6-10(8)13/h3-6,9H,7H2,1-2H3,(H,16,17). The van der Waals surface area contributed by atoms with Gasteiger partial charge in [0.05, 0.1) is 5.92 Å². The Labute approximate surface area is 105 Å². The lowest BCUT2D eigenvalue weighted by Gasteiger charge is -2.16. The zero-order valence-corrected chi connectivity index (χ0v) is 10.4. The van der Waals surface area contributed by atoms with E-state index in [0.717, 1.165) is 0 Å². The molecule has 1 unspecified atom stereocenters. The van der Waals surface area contributed by atoms with Crippen molar-refractivity contribution >= 4 is 23.5 Å². The van der Waals surface area contributed by atoms with Gasteiger partial charge in [0.2, 0.25) is 5.91 Å². The van der Waals surface area contributed by atoms with Gasteiger partial charge in [-0.25, -0.2) is 0 Å². The molecule has 1 atom stereocenters. The van der Waals surface area contributed by atoms with Crippen LogP contribution in [0.5, 0.6) is 0 Å². The highest BCUT2D eigenvalue weighted by Crippen LogP contribution is 2.27. The van der Waals surface area contributed by atoms with Crippen LogP contribution in [0.25, 0.3) is 0 Å². The second-order valence-corrected chi connectivity index (χ2v) is 4.31. The highest BCUT2D eigenvalue weighted by Gasteiger charge is 2.25. The molecule has 0 saturated heterocycles. The molecule has 1 N–H and O–H groups in total. The molecule has 1 aromatic rings. The number of aliphatic carboxylic acids is 1. The number of carboxylic acids is 1. The van der Waals surface area contributed by atoms with Crippen LogP contribution in [0.1, 0.15) is 17.9 Å². The van der Waals surface area contributed by atoms with E-state index < -0.39 is 11.9 Å². The molecule has 0 aliphatic heterocycles. The fraction of sp³-hybridized carbons (Fsp3) is 0.333. The number of halogens is 1. The van der Waals surface area contributed by atoms with Crippen LogP contribution in [-0.4, -0.2) is 36.0 Å². The van der Waals surface area contributed by atoms with Crippen molar-refractivity contribution in [1.29, 1.82) is 0 Å². The number of hydrogen-bond acceptors (Lipinski definition) is 2. The average Bonchev–Trinajstić information content (AvgIpc) is 2.26. The van der Waals surface area contributed by atoms with Gasteiger partial charge in [0, 0.05) is 25.5 Å². The van der Waals surface area contributed by atoms with Gasteiger partial charge in [-0.1, -0.05) is 29.8 Å². The average molecular weight is 256 g/mol. The van der Waals surface area contributed by atoms with Crippen LogP contribution in [0, 0.1) is 0 Å². The van der Waals surface area contributed by atoms with Crippen molar-refractivity contribution in [2.24, 2.45) is 0 Å². The van der Waals surface area contributed by atoms with Crippen molar-refractivity contribution in [1.82, 2.24) is 4.90 Å². The Morgan fingerprint density at radius 2 is 1.94 bits per heavy atom. The van der Waals surface area contributed by atoms with Crippen LogP contribution >= 0.6 is 11.6 Å². The molecule has 0 bridgehead atoms. The predicted octanol–water partition coefficient (Wildman–Crippen LogP) is 1.99. The SMILES string of the molecule is CN(C)C(=O)CC(C(=O)O)c1ccccc1Cl. The summed E-state index contributed by atoms with van der Waals surface area (Å²) in [5.41, 5.74) is 0.469. The van der Waals surface area contributed by atoms with Crippen molar-refractivity contribution in [2.75, 3.05) is 14.1 Å². The minimum absolute atomic E-state index is 0.0912. The maximum Gasteiger partial charge on any atom is 0.311 e. The van der Waals surface area contributed by atoms with E-state index in [1.54, 1.807) is 38.4 Å². The van der Waals surface area contributed by atoms with Crippen molar-refractivity contribution in [3.05, 3.63) is 34.9 Å². The summed E-state index contributed by atoms with van der Waals surface area (Å²) in [7, 11) is 3.18. The normalized spacial score (nSPS) is 11.9. The first kappa shape index (κ1) is 13.5. The lowest BCUT2D eigenvalue weighted by atomic mass is 9.95. The van der Waals surface area contributed by atoms with Gasteiger partial charge in [-0.3, -0.25) is 9.59 Å². The Balaban J connectivity index is 2.99. The zero-order valence-electron chi connectivity index (χ0n) is 9.68. The molecule has 0 radical (unpaired) electrons. The Bertz CT molecular complexity index is 432. The molecule has 1 amide bonds. The largest absolute Gasteiger partial charge is 0.481 e. The maximum absolute atomic E-state index is 11.6. The van der Waals surface area contributed by atoms with E-state index in [2.05, 4.69) is 0 Å². The third-order valence-electron chi connectivity index (χ3n) is 2.46. The number of amides is 1. The monoisotopic (exact) mass is 255 g/mol. The van der Waals surface area contributed by atoms with Crippen LogP contribution in [0.2, 0.25) is 5.02 Å². The van der Waals surface area contributed by atoms with Crippen LogP contribution in [0.4, 0.5) is 0 Å². The van der Waals surface area contributed by atoms with Crippen molar-refractivity contribution in [3.8, 4) is 0 Å². The van der Waals surface area contributed by atoms with Crippen LogP contribution in [0.15, 0.2) is 24.3 Å². The summed E-state index contributed by atoms with van der Waals surface area (Å²) in [5, 5.41) is 9.52.